The largest absolute Gasteiger partial charge is 0.378 e. The van der Waals surface area contributed by atoms with E-state index < -0.39 is 0 Å². The number of carbonyl (C=O) groups is 1. The Hall–Kier alpha value is -0.540. The van der Waals surface area contributed by atoms with E-state index in [-0.39, 0.29) is 17.2 Å². The van der Waals surface area contributed by atoms with E-state index in [4.69, 9.17) is 16.3 Å². The lowest BCUT2D eigenvalue weighted by molar-refractivity contribution is -0.138. The van der Waals surface area contributed by atoms with Crippen LogP contribution in [0, 0.1) is 5.92 Å². The number of ether oxygens (including phenoxy) is 1. The highest BCUT2D eigenvalue weighted by atomic mass is 35.5. The highest BCUT2D eigenvalue weighted by Gasteiger charge is 2.25. The summed E-state index contributed by atoms with van der Waals surface area (Å²) in [5, 5.41) is -0.287. The molecule has 0 spiro atoms. The first-order valence-electron chi connectivity index (χ1n) is 4.80. The maximum absolute atomic E-state index is 11.8. The summed E-state index contributed by atoms with van der Waals surface area (Å²) in [5.41, 5.74) is 0. The highest BCUT2D eigenvalue weighted by Crippen LogP contribution is 2.15. The maximum Gasteiger partial charge on any atom is 0.227 e. The van der Waals surface area contributed by atoms with Crippen LogP contribution >= 0.6 is 11.6 Å². The van der Waals surface area contributed by atoms with Crippen molar-refractivity contribution in [2.24, 2.45) is 5.92 Å². The number of alkyl halides is 1. The molecule has 0 aromatic rings. The van der Waals surface area contributed by atoms with E-state index in [0.29, 0.717) is 26.3 Å². The Morgan fingerprint density at radius 2 is 2.14 bits per heavy atom. The Kier molecular flexibility index (Phi) is 4.42. The van der Waals surface area contributed by atoms with Crippen molar-refractivity contribution in [2.75, 3.05) is 26.3 Å². The molecule has 4 heteroatoms. The molecule has 2 unspecified atom stereocenters. The van der Waals surface area contributed by atoms with Crippen LogP contribution in [-0.4, -0.2) is 42.5 Å². The van der Waals surface area contributed by atoms with E-state index in [9.17, 15) is 4.79 Å². The van der Waals surface area contributed by atoms with Gasteiger partial charge in [-0.2, -0.15) is 0 Å². The van der Waals surface area contributed by atoms with E-state index in [1.165, 1.54) is 0 Å². The molecule has 1 rings (SSSR count). The van der Waals surface area contributed by atoms with Crippen LogP contribution in [0.4, 0.5) is 0 Å². The fourth-order valence-corrected chi connectivity index (χ4v) is 1.52. The lowest BCUT2D eigenvalue weighted by Crippen LogP contribution is -2.44. The fraction of sp³-hybridized carbons (Fsp3) is 0.700. The topological polar surface area (TPSA) is 29.5 Å². The third kappa shape index (κ3) is 2.72. The zero-order chi connectivity index (χ0) is 10.6. The minimum atomic E-state index is -0.287. The molecule has 14 heavy (non-hydrogen) atoms. The van der Waals surface area contributed by atoms with Crippen LogP contribution in [0.3, 0.4) is 0 Å². The molecule has 1 amide bonds. The summed E-state index contributed by atoms with van der Waals surface area (Å²) in [4.78, 5) is 13.6. The van der Waals surface area contributed by atoms with Crippen LogP contribution in [0.5, 0.6) is 0 Å². The van der Waals surface area contributed by atoms with Crippen molar-refractivity contribution in [1.82, 2.24) is 4.90 Å². The van der Waals surface area contributed by atoms with Gasteiger partial charge in [0.2, 0.25) is 5.91 Å². The van der Waals surface area contributed by atoms with Gasteiger partial charge in [-0.1, -0.05) is 13.0 Å². The lowest BCUT2D eigenvalue weighted by Gasteiger charge is -2.30. The fourth-order valence-electron chi connectivity index (χ4n) is 1.41. The number of rotatable bonds is 3. The predicted octanol–water partition coefficient (Wildman–Crippen LogP) is 1.27. The van der Waals surface area contributed by atoms with E-state index in [2.05, 4.69) is 6.58 Å². The molecule has 2 atom stereocenters. The van der Waals surface area contributed by atoms with Gasteiger partial charge in [0.15, 0.2) is 0 Å². The molecule has 3 nitrogen and oxygen atoms in total. The minimum Gasteiger partial charge on any atom is -0.378 e. The second-order valence-electron chi connectivity index (χ2n) is 3.41. The highest BCUT2D eigenvalue weighted by molar-refractivity contribution is 6.23. The Morgan fingerprint density at radius 1 is 1.57 bits per heavy atom. The number of nitrogens with zero attached hydrogens (tertiary/aromatic N) is 1. The molecule has 0 saturated carbocycles. The number of morpholine rings is 1. The summed E-state index contributed by atoms with van der Waals surface area (Å²) in [6.07, 6.45) is 1.60. The van der Waals surface area contributed by atoms with Crippen LogP contribution in [-0.2, 0) is 9.53 Å². The van der Waals surface area contributed by atoms with Crippen LogP contribution in [0.2, 0.25) is 0 Å². The second-order valence-corrected chi connectivity index (χ2v) is 3.91. The number of halogens is 1. The molecule has 0 aromatic heterocycles. The molecule has 0 N–H and O–H groups in total. The van der Waals surface area contributed by atoms with Gasteiger partial charge in [0.1, 0.15) is 0 Å². The average Bonchev–Trinajstić information content (AvgIpc) is 2.27. The first-order chi connectivity index (χ1) is 6.66. The van der Waals surface area contributed by atoms with Crippen molar-refractivity contribution >= 4 is 17.5 Å². The molecule has 0 bridgehead atoms. The predicted molar refractivity (Wildman–Crippen MR) is 56.4 cm³/mol. The van der Waals surface area contributed by atoms with E-state index in [1.54, 1.807) is 11.0 Å². The number of hydrogen-bond acceptors (Lipinski definition) is 2. The number of hydrogen-bond donors (Lipinski definition) is 0. The molecule has 1 saturated heterocycles. The van der Waals surface area contributed by atoms with Gasteiger partial charge in [0.05, 0.1) is 24.5 Å². The molecule has 1 heterocycles. The summed E-state index contributed by atoms with van der Waals surface area (Å²) in [6, 6.07) is 0. The molecule has 0 radical (unpaired) electrons. The molecule has 80 valence electrons. The van der Waals surface area contributed by atoms with Crippen molar-refractivity contribution in [3.63, 3.8) is 0 Å². The molecular weight excluding hydrogens is 202 g/mol. The van der Waals surface area contributed by atoms with Gasteiger partial charge < -0.3 is 9.64 Å². The maximum atomic E-state index is 11.8. The smallest absolute Gasteiger partial charge is 0.227 e. The first-order valence-corrected chi connectivity index (χ1v) is 5.23. The van der Waals surface area contributed by atoms with Crippen molar-refractivity contribution in [3.8, 4) is 0 Å². The summed E-state index contributed by atoms with van der Waals surface area (Å²) in [5.74, 6) is -0.111. The first kappa shape index (κ1) is 11.5. The molecule has 1 fully saturated rings. The Morgan fingerprint density at radius 3 is 2.64 bits per heavy atom. The molecule has 1 aliphatic heterocycles. The number of amides is 1. The standard InChI is InChI=1S/C10H16ClNO2/c1-3-9(11)8(2)10(13)12-4-6-14-7-5-12/h3,8-9H,1,4-7H2,2H3. The normalized spacial score (nSPS) is 21.4. The van der Waals surface area contributed by atoms with Gasteiger partial charge in [-0.05, 0) is 0 Å². The second kappa shape index (κ2) is 5.37. The summed E-state index contributed by atoms with van der Waals surface area (Å²) >= 11 is 5.93. The number of allylic oxidation sites excluding steroid dienone is 1. The van der Waals surface area contributed by atoms with Gasteiger partial charge in [-0.3, -0.25) is 4.79 Å². The van der Waals surface area contributed by atoms with Gasteiger partial charge in [-0.15, -0.1) is 18.2 Å². The summed E-state index contributed by atoms with van der Waals surface area (Å²) in [6.45, 7) is 8.00. The van der Waals surface area contributed by atoms with Crippen molar-refractivity contribution < 1.29 is 9.53 Å². The SMILES string of the molecule is C=CC(Cl)C(C)C(=O)N1CCOCC1. The van der Waals surface area contributed by atoms with Crippen LogP contribution in [0.15, 0.2) is 12.7 Å². The van der Waals surface area contributed by atoms with Crippen molar-refractivity contribution in [1.29, 1.82) is 0 Å². The Labute approximate surface area is 89.7 Å². The minimum absolute atomic E-state index is 0.0909. The summed E-state index contributed by atoms with van der Waals surface area (Å²) < 4.78 is 5.17. The molecule has 0 aliphatic carbocycles. The van der Waals surface area contributed by atoms with Gasteiger partial charge in [-0.25, -0.2) is 0 Å². The van der Waals surface area contributed by atoms with Crippen LogP contribution in [0.25, 0.3) is 0 Å². The molecule has 0 aromatic carbocycles. The Bertz CT molecular complexity index is 214. The summed E-state index contributed by atoms with van der Waals surface area (Å²) in [7, 11) is 0. The Balaban J connectivity index is 2.49. The third-order valence-electron chi connectivity index (χ3n) is 2.42. The van der Waals surface area contributed by atoms with Gasteiger partial charge >= 0.3 is 0 Å². The van der Waals surface area contributed by atoms with Crippen LogP contribution < -0.4 is 0 Å². The molecular formula is C10H16ClNO2. The van der Waals surface area contributed by atoms with E-state index in [0.717, 1.165) is 0 Å². The van der Waals surface area contributed by atoms with E-state index >= 15 is 0 Å². The quantitative estimate of drug-likeness (QED) is 0.527. The van der Waals surface area contributed by atoms with Gasteiger partial charge in [0.25, 0.3) is 0 Å². The van der Waals surface area contributed by atoms with Crippen molar-refractivity contribution in [3.05, 3.63) is 12.7 Å². The average molecular weight is 218 g/mol. The third-order valence-corrected chi connectivity index (χ3v) is 2.97. The van der Waals surface area contributed by atoms with Gasteiger partial charge in [0, 0.05) is 13.1 Å². The lowest BCUT2D eigenvalue weighted by atomic mass is 10.1. The van der Waals surface area contributed by atoms with E-state index in [1.807, 2.05) is 6.92 Å². The van der Waals surface area contributed by atoms with Crippen molar-refractivity contribution in [2.45, 2.75) is 12.3 Å². The monoisotopic (exact) mass is 217 g/mol. The van der Waals surface area contributed by atoms with Crippen LogP contribution in [0.1, 0.15) is 6.92 Å². The zero-order valence-corrected chi connectivity index (χ0v) is 9.17. The molecule has 1 aliphatic rings. The number of carbonyl (C=O) groups excluding carboxylic acids is 1. The zero-order valence-electron chi connectivity index (χ0n) is 8.41.